The molecule has 2 heterocycles. The van der Waals surface area contributed by atoms with Crippen LogP contribution >= 0.6 is 0 Å². The minimum Gasteiger partial charge on any atom is -0.474 e. The van der Waals surface area contributed by atoms with Gasteiger partial charge in [-0.1, -0.05) is 42.5 Å². The molecule has 0 saturated heterocycles. The summed E-state index contributed by atoms with van der Waals surface area (Å²) in [6.07, 6.45) is 2.87. The quantitative estimate of drug-likeness (QED) is 0.691. The molecule has 3 nitrogen and oxygen atoms in total. The summed E-state index contributed by atoms with van der Waals surface area (Å²) < 4.78 is 21.0. The molecule has 1 atom stereocenters. The van der Waals surface area contributed by atoms with E-state index in [1.807, 2.05) is 36.5 Å². The van der Waals surface area contributed by atoms with Crippen LogP contribution in [-0.2, 0) is 17.7 Å². The molecular weight excluding hydrogens is 315 g/mol. The first kappa shape index (κ1) is 15.6. The predicted octanol–water partition coefficient (Wildman–Crippen LogP) is 4.06. The Bertz CT molecular complexity index is 868. The Hall–Kier alpha value is -2.88. The van der Waals surface area contributed by atoms with Gasteiger partial charge in [0.1, 0.15) is 18.1 Å². The van der Waals surface area contributed by atoms with E-state index in [0.29, 0.717) is 19.0 Å². The van der Waals surface area contributed by atoms with Crippen molar-refractivity contribution < 1.29 is 9.13 Å². The van der Waals surface area contributed by atoms with Gasteiger partial charge < -0.3 is 9.30 Å². The van der Waals surface area contributed by atoms with Gasteiger partial charge in [0.05, 0.1) is 6.04 Å². The van der Waals surface area contributed by atoms with Crippen molar-refractivity contribution in [3.05, 3.63) is 95.6 Å². The number of hydrogen-bond acceptors (Lipinski definition) is 2. The third kappa shape index (κ3) is 3.63. The molecule has 0 unspecified atom stereocenters. The number of aliphatic imine (C=N–C) groups is 1. The molecule has 4 heteroatoms. The summed E-state index contributed by atoms with van der Waals surface area (Å²) in [4.78, 5) is 4.76. The Morgan fingerprint density at radius 1 is 0.960 bits per heavy atom. The Morgan fingerprint density at radius 2 is 1.76 bits per heavy atom. The van der Waals surface area contributed by atoms with E-state index < -0.39 is 0 Å². The zero-order valence-electron chi connectivity index (χ0n) is 13.8. The average molecular weight is 334 g/mol. The van der Waals surface area contributed by atoms with Crippen molar-refractivity contribution in [2.45, 2.75) is 19.0 Å². The Balaban J connectivity index is 1.50. The van der Waals surface area contributed by atoms with E-state index in [-0.39, 0.29) is 11.9 Å². The zero-order valence-corrected chi connectivity index (χ0v) is 13.8. The van der Waals surface area contributed by atoms with Gasteiger partial charge >= 0.3 is 0 Å². The lowest BCUT2D eigenvalue weighted by atomic mass is 10.1. The van der Waals surface area contributed by atoms with Crippen LogP contribution in [-0.4, -0.2) is 23.1 Å². The Labute approximate surface area is 146 Å². The molecule has 126 valence electrons. The predicted molar refractivity (Wildman–Crippen MR) is 96.4 cm³/mol. The van der Waals surface area contributed by atoms with Crippen LogP contribution in [0.2, 0.25) is 0 Å². The van der Waals surface area contributed by atoms with E-state index in [2.05, 4.69) is 16.7 Å². The summed E-state index contributed by atoms with van der Waals surface area (Å²) >= 11 is 0. The van der Waals surface area contributed by atoms with Crippen molar-refractivity contribution >= 4 is 5.90 Å². The fraction of sp³-hybridized carbons (Fsp3) is 0.190. The SMILES string of the molecule is Fc1ccc(Cn2cccc2C2=N[C@@H](Cc3ccccc3)CO2)cc1. The summed E-state index contributed by atoms with van der Waals surface area (Å²) in [5.74, 6) is 0.469. The molecule has 25 heavy (non-hydrogen) atoms. The molecule has 1 aliphatic heterocycles. The number of nitrogens with zero attached hydrogens (tertiary/aromatic N) is 2. The standard InChI is InChI=1S/C21H19FN2O/c22-18-10-8-17(9-11-18)14-24-12-4-7-20(24)21-23-19(15-25-21)13-16-5-2-1-3-6-16/h1-12,19H,13-15H2/t19-/m0/s1. The van der Waals surface area contributed by atoms with Crippen LogP contribution in [0.25, 0.3) is 0 Å². The molecule has 0 radical (unpaired) electrons. The summed E-state index contributed by atoms with van der Waals surface area (Å²) in [5.41, 5.74) is 3.26. The average Bonchev–Trinajstić information content (AvgIpc) is 3.27. The normalized spacial score (nSPS) is 16.5. The van der Waals surface area contributed by atoms with E-state index in [9.17, 15) is 4.39 Å². The number of benzene rings is 2. The van der Waals surface area contributed by atoms with E-state index in [1.165, 1.54) is 17.7 Å². The highest BCUT2D eigenvalue weighted by Gasteiger charge is 2.22. The largest absolute Gasteiger partial charge is 0.474 e. The molecule has 0 spiro atoms. The van der Waals surface area contributed by atoms with Crippen molar-refractivity contribution in [3.8, 4) is 0 Å². The molecule has 0 fully saturated rings. The van der Waals surface area contributed by atoms with Gasteiger partial charge in [-0.05, 0) is 41.8 Å². The summed E-state index contributed by atoms with van der Waals surface area (Å²) in [5, 5.41) is 0. The van der Waals surface area contributed by atoms with Crippen LogP contribution in [0.4, 0.5) is 4.39 Å². The summed E-state index contributed by atoms with van der Waals surface area (Å²) in [6.45, 7) is 1.26. The summed E-state index contributed by atoms with van der Waals surface area (Å²) in [6, 6.07) is 21.0. The van der Waals surface area contributed by atoms with Gasteiger partial charge in [0, 0.05) is 12.7 Å². The van der Waals surface area contributed by atoms with Crippen LogP contribution in [0.3, 0.4) is 0 Å². The molecule has 0 N–H and O–H groups in total. The molecule has 0 amide bonds. The lowest BCUT2D eigenvalue weighted by molar-refractivity contribution is 0.315. The minimum absolute atomic E-state index is 0.145. The first-order valence-electron chi connectivity index (χ1n) is 8.42. The number of ether oxygens (including phenoxy) is 1. The Morgan fingerprint density at radius 3 is 2.56 bits per heavy atom. The Kier molecular flexibility index (Phi) is 4.34. The second-order valence-electron chi connectivity index (χ2n) is 6.24. The molecule has 3 aromatic rings. The fourth-order valence-corrected chi connectivity index (χ4v) is 3.08. The van der Waals surface area contributed by atoms with Crippen LogP contribution in [0.5, 0.6) is 0 Å². The van der Waals surface area contributed by atoms with E-state index in [1.54, 1.807) is 12.1 Å². The smallest absolute Gasteiger partial charge is 0.233 e. The second-order valence-corrected chi connectivity index (χ2v) is 6.24. The van der Waals surface area contributed by atoms with Gasteiger partial charge in [-0.25, -0.2) is 9.38 Å². The van der Waals surface area contributed by atoms with Crippen LogP contribution in [0, 0.1) is 5.82 Å². The molecule has 1 aliphatic rings. The number of hydrogen-bond donors (Lipinski definition) is 0. The van der Waals surface area contributed by atoms with E-state index in [4.69, 9.17) is 9.73 Å². The molecule has 2 aromatic carbocycles. The third-order valence-electron chi connectivity index (χ3n) is 4.34. The zero-order chi connectivity index (χ0) is 17.1. The maximum Gasteiger partial charge on any atom is 0.233 e. The molecule has 0 bridgehead atoms. The van der Waals surface area contributed by atoms with Gasteiger partial charge in [-0.3, -0.25) is 0 Å². The number of halogens is 1. The molecule has 0 saturated carbocycles. The van der Waals surface area contributed by atoms with Crippen LogP contribution < -0.4 is 0 Å². The van der Waals surface area contributed by atoms with Crippen molar-refractivity contribution in [1.82, 2.24) is 4.57 Å². The van der Waals surface area contributed by atoms with Crippen LogP contribution in [0.15, 0.2) is 77.9 Å². The maximum atomic E-state index is 13.1. The van der Waals surface area contributed by atoms with Gasteiger partial charge in [-0.15, -0.1) is 0 Å². The topological polar surface area (TPSA) is 26.5 Å². The molecule has 0 aliphatic carbocycles. The van der Waals surface area contributed by atoms with Crippen molar-refractivity contribution in [2.75, 3.05) is 6.61 Å². The molecule has 4 rings (SSSR count). The fourth-order valence-electron chi connectivity index (χ4n) is 3.08. The highest BCUT2D eigenvalue weighted by Crippen LogP contribution is 2.17. The van der Waals surface area contributed by atoms with Gasteiger partial charge in [0.25, 0.3) is 0 Å². The van der Waals surface area contributed by atoms with Crippen molar-refractivity contribution in [2.24, 2.45) is 4.99 Å². The van der Waals surface area contributed by atoms with Crippen LogP contribution in [0.1, 0.15) is 16.8 Å². The number of aromatic nitrogens is 1. The third-order valence-corrected chi connectivity index (χ3v) is 4.34. The highest BCUT2D eigenvalue weighted by atomic mass is 19.1. The summed E-state index contributed by atoms with van der Waals surface area (Å²) in [7, 11) is 0. The van der Waals surface area contributed by atoms with Gasteiger partial charge in [0.2, 0.25) is 5.90 Å². The highest BCUT2D eigenvalue weighted by molar-refractivity contribution is 5.93. The maximum absolute atomic E-state index is 13.1. The molecule has 1 aromatic heterocycles. The monoisotopic (exact) mass is 334 g/mol. The molecular formula is C21H19FN2O. The van der Waals surface area contributed by atoms with E-state index >= 15 is 0 Å². The first-order chi connectivity index (χ1) is 12.3. The van der Waals surface area contributed by atoms with Gasteiger partial charge in [-0.2, -0.15) is 0 Å². The lowest BCUT2D eigenvalue weighted by Crippen LogP contribution is -2.11. The van der Waals surface area contributed by atoms with Crippen molar-refractivity contribution in [3.63, 3.8) is 0 Å². The number of rotatable bonds is 5. The van der Waals surface area contributed by atoms with Crippen molar-refractivity contribution in [1.29, 1.82) is 0 Å². The van der Waals surface area contributed by atoms with Gasteiger partial charge in [0.15, 0.2) is 0 Å². The lowest BCUT2D eigenvalue weighted by Gasteiger charge is -2.09. The first-order valence-corrected chi connectivity index (χ1v) is 8.42. The van der Waals surface area contributed by atoms with E-state index in [0.717, 1.165) is 17.7 Å². The minimum atomic E-state index is -0.219. The second kappa shape index (κ2) is 6.93.